The van der Waals surface area contributed by atoms with Crippen molar-refractivity contribution in [2.75, 3.05) is 18.0 Å². The molecule has 2 bridgehead atoms. The first-order valence-corrected chi connectivity index (χ1v) is 17.6. The summed E-state index contributed by atoms with van der Waals surface area (Å²) in [5.41, 5.74) is -2.29. The molecular weight excluding hydrogens is 668 g/mol. The van der Waals surface area contributed by atoms with Gasteiger partial charge in [0.25, 0.3) is 5.91 Å². The number of carbonyl (C=O) groups excluding carboxylic acids is 1. The number of rotatable bonds is 8. The highest BCUT2D eigenvalue weighted by molar-refractivity contribution is 6.00. The van der Waals surface area contributed by atoms with E-state index >= 15 is 0 Å². The summed E-state index contributed by atoms with van der Waals surface area (Å²) in [6, 6.07) is 8.25. The molecule has 0 radical (unpaired) electrons. The molecule has 10 nitrogen and oxygen atoms in total. The van der Waals surface area contributed by atoms with Gasteiger partial charge in [0.15, 0.2) is 11.5 Å². The normalized spacial score (nSPS) is 25.3. The van der Waals surface area contributed by atoms with Crippen LogP contribution in [0.5, 0.6) is 5.75 Å². The van der Waals surface area contributed by atoms with Crippen LogP contribution in [-0.4, -0.2) is 61.2 Å². The zero-order valence-corrected chi connectivity index (χ0v) is 28.0. The molecule has 1 amide bonds. The van der Waals surface area contributed by atoms with Crippen LogP contribution < -0.4 is 15.0 Å². The van der Waals surface area contributed by atoms with Crippen LogP contribution in [-0.2, 0) is 11.0 Å². The van der Waals surface area contributed by atoms with E-state index in [-0.39, 0.29) is 42.0 Å². The second-order valence-electron chi connectivity index (χ2n) is 14.8. The number of nitrogens with one attached hydrogen (secondary N) is 1. The van der Waals surface area contributed by atoms with Crippen molar-refractivity contribution in [3.63, 3.8) is 0 Å². The van der Waals surface area contributed by atoms with E-state index in [9.17, 15) is 32.3 Å². The summed E-state index contributed by atoms with van der Waals surface area (Å²) in [7, 11) is 0. The van der Waals surface area contributed by atoms with E-state index in [1.54, 1.807) is 6.07 Å². The zero-order valence-electron chi connectivity index (χ0n) is 28.0. The van der Waals surface area contributed by atoms with E-state index in [0.29, 0.717) is 61.4 Å². The molecule has 14 heteroatoms. The molecule has 51 heavy (non-hydrogen) atoms. The van der Waals surface area contributed by atoms with E-state index in [1.807, 2.05) is 30.2 Å². The molecule has 268 valence electrons. The molecule has 2 N–H and O–H groups in total. The minimum absolute atomic E-state index is 0.0609. The predicted octanol–water partition coefficient (Wildman–Crippen LogP) is 7.04. The molecule has 4 aromatic rings. The lowest BCUT2D eigenvalue weighted by Crippen LogP contribution is -2.57. The molecule has 1 aliphatic heterocycles. The topological polar surface area (TPSA) is 122 Å². The number of carbonyl (C=O) groups is 2. The maximum absolute atomic E-state index is 14.6. The summed E-state index contributed by atoms with van der Waals surface area (Å²) in [6.07, 6.45) is 4.59. The first kappa shape index (κ1) is 33.4. The summed E-state index contributed by atoms with van der Waals surface area (Å²) >= 11 is 0. The molecule has 3 aromatic heterocycles. The van der Waals surface area contributed by atoms with Gasteiger partial charge in [-0.05, 0) is 80.5 Å². The SMILES string of the molecule is CC1CC2CC(C1)C(NC(=O)c1ccc(-c3cn(C4CC4)c4cc(OC5CCN(c6ncc(F)cn6)CC5)ccc34)nc1C(F)(F)F)(C(=O)O)C2. The number of aliphatic carboxylic acids is 1. The van der Waals surface area contributed by atoms with E-state index in [2.05, 4.69) is 24.8 Å². The average Bonchev–Trinajstić information content (AvgIpc) is 3.82. The summed E-state index contributed by atoms with van der Waals surface area (Å²) < 4.78 is 65.5. The monoisotopic (exact) mass is 706 g/mol. The minimum atomic E-state index is -4.96. The molecule has 3 aliphatic carbocycles. The third kappa shape index (κ3) is 6.26. The van der Waals surface area contributed by atoms with Crippen molar-refractivity contribution in [3.8, 4) is 17.0 Å². The Kier molecular flexibility index (Phi) is 8.17. The number of ether oxygens (including phenoxy) is 1. The van der Waals surface area contributed by atoms with Gasteiger partial charge in [0.2, 0.25) is 5.95 Å². The van der Waals surface area contributed by atoms with Gasteiger partial charge in [0.05, 0.1) is 29.2 Å². The second kappa shape index (κ2) is 12.5. The largest absolute Gasteiger partial charge is 0.490 e. The molecule has 4 unspecified atom stereocenters. The third-order valence-electron chi connectivity index (χ3n) is 11.1. The van der Waals surface area contributed by atoms with Gasteiger partial charge in [0.1, 0.15) is 17.4 Å². The zero-order chi connectivity index (χ0) is 35.7. The maximum Gasteiger partial charge on any atom is 0.434 e. The fourth-order valence-electron chi connectivity index (χ4n) is 8.68. The number of nitrogens with zero attached hydrogens (tertiary/aromatic N) is 5. The molecule has 8 rings (SSSR count). The highest BCUT2D eigenvalue weighted by Crippen LogP contribution is 2.51. The van der Waals surface area contributed by atoms with Gasteiger partial charge < -0.3 is 24.6 Å². The molecule has 4 fully saturated rings. The van der Waals surface area contributed by atoms with Crippen LogP contribution in [0.25, 0.3) is 22.2 Å². The average molecular weight is 707 g/mol. The number of benzene rings is 1. The molecule has 3 saturated carbocycles. The van der Waals surface area contributed by atoms with Gasteiger partial charge in [0, 0.05) is 55.2 Å². The van der Waals surface area contributed by atoms with Gasteiger partial charge in [-0.15, -0.1) is 0 Å². The summed E-state index contributed by atoms with van der Waals surface area (Å²) in [5.74, 6) is -1.64. The van der Waals surface area contributed by atoms with E-state index in [4.69, 9.17) is 4.74 Å². The Balaban J connectivity index is 1.06. The van der Waals surface area contributed by atoms with Crippen molar-refractivity contribution in [1.82, 2.24) is 24.8 Å². The Morgan fingerprint density at radius 1 is 1.02 bits per heavy atom. The molecular formula is C37H38F4N6O4. The number of hydrogen-bond donors (Lipinski definition) is 2. The van der Waals surface area contributed by atoms with Gasteiger partial charge in [-0.25, -0.2) is 24.1 Å². The van der Waals surface area contributed by atoms with Crippen LogP contribution in [0, 0.1) is 23.6 Å². The van der Waals surface area contributed by atoms with Crippen molar-refractivity contribution in [3.05, 3.63) is 66.0 Å². The number of pyridine rings is 1. The van der Waals surface area contributed by atoms with E-state index in [1.165, 1.54) is 6.07 Å². The highest BCUT2D eigenvalue weighted by atomic mass is 19.4. The summed E-state index contributed by atoms with van der Waals surface area (Å²) in [5, 5.41) is 13.5. The lowest BCUT2D eigenvalue weighted by molar-refractivity contribution is -0.146. The van der Waals surface area contributed by atoms with Crippen molar-refractivity contribution in [2.24, 2.45) is 17.8 Å². The van der Waals surface area contributed by atoms with Crippen molar-refractivity contribution >= 4 is 28.7 Å². The Bertz CT molecular complexity index is 1990. The summed E-state index contributed by atoms with van der Waals surface area (Å²) in [4.78, 5) is 40.3. The third-order valence-corrected chi connectivity index (χ3v) is 11.1. The maximum atomic E-state index is 14.6. The fraction of sp³-hybridized carbons (Fsp3) is 0.486. The van der Waals surface area contributed by atoms with Crippen molar-refractivity contribution in [1.29, 1.82) is 0 Å². The number of alkyl halides is 3. The number of amides is 1. The number of fused-ring (bicyclic) bond motifs is 3. The van der Waals surface area contributed by atoms with Gasteiger partial charge in [-0.3, -0.25) is 4.79 Å². The van der Waals surface area contributed by atoms with E-state index < -0.39 is 40.7 Å². The molecule has 1 aromatic carbocycles. The lowest BCUT2D eigenvalue weighted by atomic mass is 9.78. The number of carboxylic acid groups (broad SMARTS) is 1. The van der Waals surface area contributed by atoms with Crippen LogP contribution in [0.1, 0.15) is 80.4 Å². The van der Waals surface area contributed by atoms with Crippen LogP contribution in [0.2, 0.25) is 0 Å². The van der Waals surface area contributed by atoms with Gasteiger partial charge in [-0.2, -0.15) is 13.2 Å². The Morgan fingerprint density at radius 3 is 2.45 bits per heavy atom. The number of aromatic nitrogens is 4. The smallest absolute Gasteiger partial charge is 0.434 e. The number of anilines is 1. The number of carboxylic acids is 1. The second-order valence-corrected chi connectivity index (χ2v) is 14.8. The predicted molar refractivity (Wildman–Crippen MR) is 179 cm³/mol. The molecule has 1 saturated heterocycles. The van der Waals surface area contributed by atoms with Gasteiger partial charge >= 0.3 is 12.1 Å². The lowest BCUT2D eigenvalue weighted by Gasteiger charge is -2.33. The fourth-order valence-corrected chi connectivity index (χ4v) is 8.68. The number of piperidine rings is 1. The number of hydrogen-bond acceptors (Lipinski definition) is 7. The Labute approximate surface area is 291 Å². The summed E-state index contributed by atoms with van der Waals surface area (Å²) in [6.45, 7) is 3.31. The van der Waals surface area contributed by atoms with Crippen molar-refractivity contribution < 1.29 is 37.0 Å². The minimum Gasteiger partial charge on any atom is -0.490 e. The van der Waals surface area contributed by atoms with Crippen LogP contribution >= 0.6 is 0 Å². The van der Waals surface area contributed by atoms with Crippen LogP contribution in [0.15, 0.2) is 48.9 Å². The number of halogens is 4. The van der Waals surface area contributed by atoms with Crippen molar-refractivity contribution in [2.45, 2.75) is 82.2 Å². The first-order valence-electron chi connectivity index (χ1n) is 17.6. The molecule has 4 aliphatic rings. The Hall–Kier alpha value is -4.75. The Morgan fingerprint density at radius 2 is 1.76 bits per heavy atom. The molecule has 0 spiro atoms. The quantitative estimate of drug-likeness (QED) is 0.187. The molecule has 4 atom stereocenters. The standard InChI is InChI=1S/C37H38F4N6O4/c1-20-12-21-14-22(13-20)36(16-21,34(49)50)45-33(48)28-6-7-30(44-32(28)37(39,40)41)29-19-47(24-2-3-24)31-15-26(4-5-27(29)31)51-25-8-10-46(11-9-25)35-42-17-23(38)18-43-35/h4-7,15,17-22,24-25H,2-3,8-14,16H2,1H3,(H,45,48)(H,49,50). The van der Waals surface area contributed by atoms with E-state index in [0.717, 1.165) is 43.2 Å². The highest BCUT2D eigenvalue weighted by Gasteiger charge is 2.56. The van der Waals surface area contributed by atoms with Gasteiger partial charge in [-0.1, -0.05) is 6.92 Å². The van der Waals surface area contributed by atoms with Crippen LogP contribution in [0.4, 0.5) is 23.5 Å². The first-order chi connectivity index (χ1) is 24.4. The van der Waals surface area contributed by atoms with Crippen LogP contribution in [0.3, 0.4) is 0 Å². The molecule has 4 heterocycles.